The first kappa shape index (κ1) is 24.9. The first-order chi connectivity index (χ1) is 16.8. The van der Waals surface area contributed by atoms with Gasteiger partial charge in [-0.05, 0) is 11.1 Å². The maximum atomic E-state index is 14.1. The van der Waals surface area contributed by atoms with Crippen LogP contribution in [0.3, 0.4) is 0 Å². The molecule has 0 aliphatic carbocycles. The van der Waals surface area contributed by atoms with Crippen LogP contribution in [0, 0.1) is 10.1 Å². The van der Waals surface area contributed by atoms with Crippen molar-refractivity contribution in [2.45, 2.75) is 0 Å². The average Bonchev–Trinajstić information content (AvgIpc) is 3.33. The van der Waals surface area contributed by atoms with E-state index in [1.807, 2.05) is 60.7 Å². The molecule has 0 aliphatic heterocycles. The van der Waals surface area contributed by atoms with Crippen LogP contribution >= 0.6 is 41.8 Å². The molecule has 1 aromatic heterocycles. The second kappa shape index (κ2) is 11.0. The number of aromatic nitrogens is 1. The van der Waals surface area contributed by atoms with Gasteiger partial charge in [-0.3, -0.25) is 14.7 Å². The van der Waals surface area contributed by atoms with E-state index in [1.165, 1.54) is 35.1 Å². The van der Waals surface area contributed by atoms with Crippen molar-refractivity contribution in [3.63, 3.8) is 0 Å². The molecule has 0 amide bonds. The fraction of sp³-hybridized carbons (Fsp3) is 0. The number of nitrogens with one attached hydrogen (secondary N) is 1. The van der Waals surface area contributed by atoms with E-state index >= 15 is 0 Å². The summed E-state index contributed by atoms with van der Waals surface area (Å²) in [5.41, 5.74) is 2.47. The Morgan fingerprint density at radius 3 is 2.03 bits per heavy atom. The quantitative estimate of drug-likeness (QED) is 0.137. The Morgan fingerprint density at radius 2 is 1.49 bits per heavy atom. The zero-order valence-electron chi connectivity index (χ0n) is 18.0. The van der Waals surface area contributed by atoms with Gasteiger partial charge < -0.3 is 5.09 Å². The number of anilines is 1. The van der Waals surface area contributed by atoms with Crippen LogP contribution < -0.4 is 5.09 Å². The lowest BCUT2D eigenvalue weighted by atomic mass is 10.1. The van der Waals surface area contributed by atoms with Gasteiger partial charge in [0.25, 0.3) is 5.69 Å². The van der Waals surface area contributed by atoms with Crippen LogP contribution in [0.4, 0.5) is 10.8 Å². The van der Waals surface area contributed by atoms with Crippen LogP contribution in [0.25, 0.3) is 21.3 Å². The molecule has 0 spiro atoms. The summed E-state index contributed by atoms with van der Waals surface area (Å²) in [6, 6.07) is 24.5. The van der Waals surface area contributed by atoms with Crippen molar-refractivity contribution in [2.75, 3.05) is 5.09 Å². The molecule has 176 valence electrons. The van der Waals surface area contributed by atoms with E-state index in [2.05, 4.69) is 10.1 Å². The second-order valence-corrected chi connectivity index (χ2v) is 11.2. The van der Waals surface area contributed by atoms with Gasteiger partial charge in [-0.1, -0.05) is 96.0 Å². The van der Waals surface area contributed by atoms with Gasteiger partial charge in [0, 0.05) is 34.7 Å². The third kappa shape index (κ3) is 6.47. The van der Waals surface area contributed by atoms with Gasteiger partial charge in [0.2, 0.25) is 7.29 Å². The van der Waals surface area contributed by atoms with Crippen molar-refractivity contribution < 1.29 is 9.49 Å². The van der Waals surface area contributed by atoms with Crippen LogP contribution in [0.2, 0.25) is 0 Å². The monoisotopic (exact) mass is 541 g/mol. The van der Waals surface area contributed by atoms with E-state index in [0.717, 1.165) is 0 Å². The predicted octanol–water partition coefficient (Wildman–Crippen LogP) is 8.88. The third-order valence-electron chi connectivity index (χ3n) is 4.84. The van der Waals surface area contributed by atoms with E-state index in [9.17, 15) is 14.7 Å². The number of hydrogen-bond acceptors (Lipinski definition) is 5. The Bertz CT molecular complexity index is 1400. The Kier molecular flexibility index (Phi) is 7.83. The summed E-state index contributed by atoms with van der Waals surface area (Å²) in [5.74, 6) is 2.90. The van der Waals surface area contributed by atoms with Gasteiger partial charge in [0.15, 0.2) is 5.13 Å². The summed E-state index contributed by atoms with van der Waals surface area (Å²) >= 11 is 14.3. The molecule has 1 heterocycles. The molecular formula is C25H18Cl2N3O3PS. The van der Waals surface area contributed by atoms with Crippen LogP contribution in [-0.4, -0.2) is 9.91 Å². The predicted molar refractivity (Wildman–Crippen MR) is 146 cm³/mol. The fourth-order valence-electron chi connectivity index (χ4n) is 3.17. The summed E-state index contributed by atoms with van der Waals surface area (Å²) in [6.45, 7) is 0. The highest BCUT2D eigenvalue weighted by atomic mass is 35.5. The van der Waals surface area contributed by atoms with Crippen molar-refractivity contribution in [1.82, 2.24) is 4.98 Å². The van der Waals surface area contributed by atoms with Gasteiger partial charge in [0.05, 0.1) is 20.7 Å². The summed E-state index contributed by atoms with van der Waals surface area (Å²) in [6.07, 6.45) is 0. The number of benzene rings is 3. The summed E-state index contributed by atoms with van der Waals surface area (Å²) < 4.78 is 14.1. The fourth-order valence-corrected chi connectivity index (χ4v) is 7.02. The standard InChI is InChI=1S/C25H18Cl2N3O3PS/c26-22(18-8-3-1-4-9-18)15-34(33,16-23(27)19-10-5-2-6-11-19)29-25-28-24(17-35-25)20-12-7-13-21(14-20)30(31)32/h1-17H,(H,28,29,33)/b22-15-,23-16-. The van der Waals surface area contributed by atoms with E-state index in [4.69, 9.17) is 23.2 Å². The SMILES string of the molecule is O=[N+]([O-])c1cccc(-c2csc(NP(=O)(/C=C(\Cl)c3ccccc3)/C=C(\Cl)c3ccccc3)n2)c1. The zero-order valence-corrected chi connectivity index (χ0v) is 21.3. The Balaban J connectivity index is 1.70. The first-order valence-electron chi connectivity index (χ1n) is 10.3. The first-order valence-corrected chi connectivity index (χ1v) is 13.8. The molecule has 0 saturated carbocycles. The van der Waals surface area contributed by atoms with Crippen LogP contribution in [0.1, 0.15) is 11.1 Å². The minimum absolute atomic E-state index is 0.0363. The van der Waals surface area contributed by atoms with Crippen molar-refractivity contribution in [3.8, 4) is 11.3 Å². The normalized spacial score (nSPS) is 12.4. The lowest BCUT2D eigenvalue weighted by Gasteiger charge is -2.13. The van der Waals surface area contributed by atoms with Gasteiger partial charge in [-0.2, -0.15) is 0 Å². The number of rotatable bonds is 8. The highest BCUT2D eigenvalue weighted by Gasteiger charge is 2.22. The van der Waals surface area contributed by atoms with Crippen molar-refractivity contribution >= 4 is 62.7 Å². The summed E-state index contributed by atoms with van der Waals surface area (Å²) in [4.78, 5) is 15.1. The number of thiazole rings is 1. The smallest absolute Gasteiger partial charge is 0.270 e. The number of hydrogen-bond donors (Lipinski definition) is 1. The molecule has 10 heteroatoms. The number of halogens is 2. The van der Waals surface area contributed by atoms with E-state index in [-0.39, 0.29) is 5.69 Å². The lowest BCUT2D eigenvalue weighted by Crippen LogP contribution is -1.94. The maximum Gasteiger partial charge on any atom is 0.270 e. The average molecular weight is 542 g/mol. The second-order valence-electron chi connectivity index (χ2n) is 7.35. The number of nitro groups is 1. The van der Waals surface area contributed by atoms with E-state index in [1.54, 1.807) is 17.5 Å². The van der Waals surface area contributed by atoms with Crippen LogP contribution in [0.15, 0.2) is 102 Å². The van der Waals surface area contributed by atoms with Crippen molar-refractivity contribution in [3.05, 3.63) is 123 Å². The van der Waals surface area contributed by atoms with Gasteiger partial charge in [-0.15, -0.1) is 11.3 Å². The van der Waals surface area contributed by atoms with Crippen LogP contribution in [0.5, 0.6) is 0 Å². The van der Waals surface area contributed by atoms with Gasteiger partial charge >= 0.3 is 0 Å². The molecule has 0 saturated heterocycles. The van der Waals surface area contributed by atoms with E-state index in [0.29, 0.717) is 37.6 Å². The van der Waals surface area contributed by atoms with Crippen molar-refractivity contribution in [2.24, 2.45) is 0 Å². The highest BCUT2D eigenvalue weighted by molar-refractivity contribution is 7.72. The Labute approximate surface area is 216 Å². The molecule has 3 aromatic carbocycles. The minimum atomic E-state index is -3.49. The lowest BCUT2D eigenvalue weighted by molar-refractivity contribution is -0.384. The molecule has 0 radical (unpaired) electrons. The molecule has 0 unspecified atom stereocenters. The van der Waals surface area contributed by atoms with E-state index < -0.39 is 12.2 Å². The molecule has 0 atom stereocenters. The Hall–Kier alpha value is -3.22. The zero-order chi connectivity index (χ0) is 24.8. The van der Waals surface area contributed by atoms with Gasteiger partial charge in [-0.25, -0.2) is 4.98 Å². The molecule has 35 heavy (non-hydrogen) atoms. The van der Waals surface area contributed by atoms with Crippen LogP contribution in [-0.2, 0) is 4.57 Å². The minimum Gasteiger partial charge on any atom is -0.306 e. The topological polar surface area (TPSA) is 85.1 Å². The molecule has 4 aromatic rings. The molecule has 6 nitrogen and oxygen atoms in total. The molecule has 4 rings (SSSR count). The number of nitrogens with zero attached hydrogens (tertiary/aromatic N) is 2. The van der Waals surface area contributed by atoms with Gasteiger partial charge in [0.1, 0.15) is 0 Å². The largest absolute Gasteiger partial charge is 0.306 e. The Morgan fingerprint density at radius 1 is 0.914 bits per heavy atom. The maximum absolute atomic E-state index is 14.1. The highest BCUT2D eigenvalue weighted by Crippen LogP contribution is 2.54. The number of non-ortho nitro benzene ring substituents is 1. The molecule has 0 aliphatic rings. The molecule has 0 bridgehead atoms. The summed E-state index contributed by atoms with van der Waals surface area (Å²) in [7, 11) is -3.49. The summed E-state index contributed by atoms with van der Waals surface area (Å²) in [5, 5.41) is 16.8. The molecular weight excluding hydrogens is 524 g/mol. The third-order valence-corrected chi connectivity index (χ3v) is 8.55. The number of nitro benzene ring substituents is 1. The molecule has 0 fully saturated rings. The van der Waals surface area contributed by atoms with Crippen molar-refractivity contribution in [1.29, 1.82) is 0 Å². The molecule has 1 N–H and O–H groups in total.